The van der Waals surface area contributed by atoms with Gasteiger partial charge in [-0.3, -0.25) is 0 Å². The summed E-state index contributed by atoms with van der Waals surface area (Å²) in [6.07, 6.45) is 0. The Kier molecular flexibility index (Phi) is 6.25. The van der Waals surface area contributed by atoms with E-state index >= 15 is 0 Å². The number of hydrogen-bond acceptors (Lipinski definition) is 7. The van der Waals surface area contributed by atoms with E-state index in [0.717, 1.165) is 16.6 Å². The maximum atomic E-state index is 9.72. The molecule has 0 radical (unpaired) electrons. The van der Waals surface area contributed by atoms with Gasteiger partial charge >= 0.3 is 7.12 Å². The van der Waals surface area contributed by atoms with Crippen LogP contribution in [0.3, 0.4) is 0 Å². The van der Waals surface area contributed by atoms with Gasteiger partial charge in [0.1, 0.15) is 17.6 Å². The minimum Gasteiger partial charge on any atom is -0.439 e. The maximum absolute atomic E-state index is 9.72. The Bertz CT molecular complexity index is 1060. The van der Waals surface area contributed by atoms with E-state index in [2.05, 4.69) is 16.4 Å². The molecule has 8 heteroatoms. The van der Waals surface area contributed by atoms with Crippen LogP contribution >= 0.6 is 0 Å². The quantitative estimate of drug-likeness (QED) is 0.442. The van der Waals surface area contributed by atoms with Crippen molar-refractivity contribution in [2.75, 3.05) is 18.5 Å². The highest BCUT2D eigenvalue weighted by molar-refractivity contribution is 6.61. The van der Waals surface area contributed by atoms with Crippen molar-refractivity contribution >= 4 is 18.4 Å². The number of pyridine rings is 1. The fourth-order valence-corrected chi connectivity index (χ4v) is 3.12. The van der Waals surface area contributed by atoms with Crippen molar-refractivity contribution in [1.82, 2.24) is 4.98 Å². The van der Waals surface area contributed by atoms with Gasteiger partial charge in [-0.1, -0.05) is 36.4 Å². The molecule has 4 rings (SSSR count). The topological polar surface area (TPSA) is 96.6 Å². The molecule has 0 fully saturated rings. The normalized spacial score (nSPS) is 12.3. The van der Waals surface area contributed by atoms with E-state index < -0.39 is 7.12 Å². The third-order valence-corrected chi connectivity index (χ3v) is 4.64. The number of fused-ring (bicyclic) bond motifs is 1. The van der Waals surface area contributed by atoms with Crippen molar-refractivity contribution in [2.45, 2.75) is 13.2 Å². The lowest BCUT2D eigenvalue weighted by Crippen LogP contribution is -2.27. The lowest BCUT2D eigenvalue weighted by atomic mass is 9.80. The van der Waals surface area contributed by atoms with Gasteiger partial charge in [-0.05, 0) is 34.8 Å². The number of rotatable bonds is 8. The Hall–Kier alpha value is -3.38. The Morgan fingerprint density at radius 2 is 2.03 bits per heavy atom. The standard InChI is InChI=1S/C22H20BN3O4/c24-13-17-6-9-21(30-19-7-8-20-18(12-19)15-29-23(20)27)26-22(17)25-10-11-28-14-16-4-2-1-3-5-16/h1-9,12,27H,10-11,14-15H2,(H,25,26). The van der Waals surface area contributed by atoms with Gasteiger partial charge in [0.25, 0.3) is 0 Å². The molecule has 150 valence electrons. The molecular weight excluding hydrogens is 381 g/mol. The average Bonchev–Trinajstić information content (AvgIpc) is 3.14. The van der Waals surface area contributed by atoms with Crippen molar-refractivity contribution in [3.63, 3.8) is 0 Å². The van der Waals surface area contributed by atoms with Crippen molar-refractivity contribution in [1.29, 1.82) is 5.26 Å². The highest BCUT2D eigenvalue weighted by Crippen LogP contribution is 2.24. The van der Waals surface area contributed by atoms with Gasteiger partial charge < -0.3 is 24.5 Å². The summed E-state index contributed by atoms with van der Waals surface area (Å²) in [4.78, 5) is 4.41. The smallest absolute Gasteiger partial charge is 0.439 e. The van der Waals surface area contributed by atoms with Crippen molar-refractivity contribution in [2.24, 2.45) is 0 Å². The number of anilines is 1. The molecule has 2 heterocycles. The molecule has 2 N–H and O–H groups in total. The number of aromatic nitrogens is 1. The molecule has 0 saturated heterocycles. The predicted octanol–water partition coefficient (Wildman–Crippen LogP) is 2.59. The number of hydrogen-bond donors (Lipinski definition) is 2. The Morgan fingerprint density at radius 1 is 1.17 bits per heavy atom. The van der Waals surface area contributed by atoms with E-state index in [1.54, 1.807) is 24.3 Å². The van der Waals surface area contributed by atoms with E-state index in [-0.39, 0.29) is 0 Å². The Morgan fingerprint density at radius 3 is 2.87 bits per heavy atom. The Labute approximate surface area is 175 Å². The monoisotopic (exact) mass is 401 g/mol. The molecule has 1 aliphatic heterocycles. The summed E-state index contributed by atoms with van der Waals surface area (Å²) in [5, 5.41) is 22.2. The first-order chi connectivity index (χ1) is 14.7. The first-order valence-corrected chi connectivity index (χ1v) is 9.60. The third-order valence-electron chi connectivity index (χ3n) is 4.64. The molecule has 1 aliphatic rings. The van der Waals surface area contributed by atoms with Crippen LogP contribution in [-0.2, 0) is 22.6 Å². The average molecular weight is 401 g/mol. The van der Waals surface area contributed by atoms with Crippen LogP contribution in [0.1, 0.15) is 16.7 Å². The first kappa shape index (κ1) is 19.9. The molecule has 0 aliphatic carbocycles. The zero-order chi connectivity index (χ0) is 20.8. The summed E-state index contributed by atoms with van der Waals surface area (Å²) in [6, 6.07) is 20.7. The molecule has 30 heavy (non-hydrogen) atoms. The lowest BCUT2D eigenvalue weighted by Gasteiger charge is -2.11. The fourth-order valence-electron chi connectivity index (χ4n) is 3.12. The molecule has 7 nitrogen and oxygen atoms in total. The second-order valence-electron chi connectivity index (χ2n) is 6.75. The van der Waals surface area contributed by atoms with Gasteiger partial charge in [0.15, 0.2) is 0 Å². The first-order valence-electron chi connectivity index (χ1n) is 9.60. The molecule has 0 bridgehead atoms. The van der Waals surface area contributed by atoms with Crippen molar-refractivity contribution in [3.8, 4) is 17.7 Å². The van der Waals surface area contributed by atoms with E-state index in [4.69, 9.17) is 14.1 Å². The number of nitrogens with zero attached hydrogens (tertiary/aromatic N) is 2. The molecule has 2 aromatic carbocycles. The predicted molar refractivity (Wildman–Crippen MR) is 112 cm³/mol. The van der Waals surface area contributed by atoms with Gasteiger partial charge in [0.2, 0.25) is 5.88 Å². The van der Waals surface area contributed by atoms with E-state index in [1.807, 2.05) is 36.4 Å². The van der Waals surface area contributed by atoms with Crippen LogP contribution in [0.15, 0.2) is 60.7 Å². The largest absolute Gasteiger partial charge is 0.491 e. The van der Waals surface area contributed by atoms with Crippen molar-refractivity contribution < 1.29 is 19.2 Å². The van der Waals surface area contributed by atoms with Gasteiger partial charge in [-0.2, -0.15) is 10.2 Å². The highest BCUT2D eigenvalue weighted by Gasteiger charge is 2.27. The van der Waals surface area contributed by atoms with Crippen LogP contribution in [0.4, 0.5) is 5.82 Å². The second-order valence-corrected chi connectivity index (χ2v) is 6.75. The van der Waals surface area contributed by atoms with Gasteiger partial charge in [0, 0.05) is 12.6 Å². The summed E-state index contributed by atoms with van der Waals surface area (Å²) < 4.78 is 16.7. The summed E-state index contributed by atoms with van der Waals surface area (Å²) >= 11 is 0. The number of ether oxygens (including phenoxy) is 2. The number of nitriles is 1. The molecule has 3 aromatic rings. The minimum absolute atomic E-state index is 0.338. The summed E-state index contributed by atoms with van der Waals surface area (Å²) in [5.41, 5.74) is 3.16. The van der Waals surface area contributed by atoms with Crippen LogP contribution in [0.25, 0.3) is 0 Å². The second kappa shape index (κ2) is 9.42. The molecule has 0 amide bonds. The minimum atomic E-state index is -0.887. The summed E-state index contributed by atoms with van der Waals surface area (Å²) in [6.45, 7) is 1.84. The molecular formula is C22H20BN3O4. The van der Waals surface area contributed by atoms with Gasteiger partial charge in [-0.25, -0.2) is 0 Å². The van der Waals surface area contributed by atoms with Crippen molar-refractivity contribution in [3.05, 3.63) is 77.4 Å². The molecule has 0 spiro atoms. The van der Waals surface area contributed by atoms with Gasteiger partial charge in [-0.15, -0.1) is 0 Å². The third kappa shape index (κ3) is 4.78. The molecule has 1 aromatic heterocycles. The SMILES string of the molecule is N#Cc1ccc(Oc2ccc3c(c2)COB3O)nc1NCCOCc1ccccc1. The van der Waals surface area contributed by atoms with E-state index in [0.29, 0.717) is 49.4 Å². The Balaban J connectivity index is 1.35. The summed E-state index contributed by atoms with van der Waals surface area (Å²) in [7, 11) is -0.887. The molecule has 0 unspecified atom stereocenters. The molecule has 0 saturated carbocycles. The number of benzene rings is 2. The van der Waals surface area contributed by atoms with Crippen LogP contribution in [0.2, 0.25) is 0 Å². The zero-order valence-corrected chi connectivity index (χ0v) is 16.2. The van der Waals surface area contributed by atoms with E-state index in [9.17, 15) is 10.3 Å². The highest BCUT2D eigenvalue weighted by atomic mass is 16.5. The van der Waals surface area contributed by atoms with Gasteiger partial charge in [0.05, 0.1) is 25.4 Å². The van der Waals surface area contributed by atoms with Crippen LogP contribution in [0, 0.1) is 11.3 Å². The van der Waals surface area contributed by atoms with Crippen LogP contribution in [0.5, 0.6) is 11.6 Å². The fraction of sp³-hybridized carbons (Fsp3) is 0.182. The van der Waals surface area contributed by atoms with E-state index in [1.165, 1.54) is 0 Å². The summed E-state index contributed by atoms with van der Waals surface area (Å²) in [5.74, 6) is 1.39. The van der Waals surface area contributed by atoms with Crippen LogP contribution < -0.4 is 15.5 Å². The van der Waals surface area contributed by atoms with Crippen LogP contribution in [-0.4, -0.2) is 30.3 Å². The number of nitrogens with one attached hydrogen (secondary N) is 1. The maximum Gasteiger partial charge on any atom is 0.491 e. The zero-order valence-electron chi connectivity index (χ0n) is 16.2. The molecule has 0 atom stereocenters. The lowest BCUT2D eigenvalue weighted by molar-refractivity contribution is 0.130.